The topological polar surface area (TPSA) is 63.6 Å². The standard InChI is InChI=1S/C21H17N3O2/c25-20(16-10-8-15(9-11-16)18-6-3-4-12-22-18)24-19-7-2-1-5-17(19)21-23-13-14-26-21/h1-12H,13-14H2,(H,24,25). The van der Waals surface area contributed by atoms with Gasteiger partial charge in [0, 0.05) is 17.3 Å². The second-order valence-corrected chi connectivity index (χ2v) is 5.83. The van der Waals surface area contributed by atoms with E-state index in [1.165, 1.54) is 0 Å². The molecule has 0 atom stereocenters. The molecule has 26 heavy (non-hydrogen) atoms. The predicted octanol–water partition coefficient (Wildman–Crippen LogP) is 3.78. The van der Waals surface area contributed by atoms with Gasteiger partial charge in [-0.3, -0.25) is 9.78 Å². The maximum Gasteiger partial charge on any atom is 0.255 e. The number of benzene rings is 2. The number of aliphatic imine (C=N–C) groups is 1. The molecule has 5 heteroatoms. The van der Waals surface area contributed by atoms with Crippen molar-refractivity contribution in [2.45, 2.75) is 0 Å². The summed E-state index contributed by atoms with van der Waals surface area (Å²) in [5.41, 5.74) is 3.90. The first-order valence-corrected chi connectivity index (χ1v) is 8.41. The Morgan fingerprint density at radius 1 is 0.962 bits per heavy atom. The number of rotatable bonds is 4. The molecule has 1 amide bonds. The van der Waals surface area contributed by atoms with Crippen LogP contribution in [-0.4, -0.2) is 29.9 Å². The van der Waals surface area contributed by atoms with Gasteiger partial charge in [-0.05, 0) is 36.4 Å². The van der Waals surface area contributed by atoms with E-state index >= 15 is 0 Å². The van der Waals surface area contributed by atoms with Crippen molar-refractivity contribution in [3.63, 3.8) is 0 Å². The molecule has 1 N–H and O–H groups in total. The SMILES string of the molecule is O=C(Nc1ccccc1C1=NCCO1)c1ccc(-c2ccccn2)cc1. The lowest BCUT2D eigenvalue weighted by atomic mass is 10.1. The number of ether oxygens (including phenoxy) is 1. The summed E-state index contributed by atoms with van der Waals surface area (Å²) in [4.78, 5) is 21.3. The van der Waals surface area contributed by atoms with Crippen LogP contribution in [0.15, 0.2) is 77.9 Å². The van der Waals surface area contributed by atoms with Crippen LogP contribution in [0.5, 0.6) is 0 Å². The molecule has 0 aliphatic carbocycles. The molecule has 4 rings (SSSR count). The first kappa shape index (κ1) is 16.0. The maximum absolute atomic E-state index is 12.6. The molecular weight excluding hydrogens is 326 g/mol. The molecule has 1 aliphatic rings. The van der Waals surface area contributed by atoms with Gasteiger partial charge in [-0.25, -0.2) is 4.99 Å². The second kappa shape index (κ2) is 7.19. The van der Waals surface area contributed by atoms with Crippen LogP contribution in [0.2, 0.25) is 0 Å². The van der Waals surface area contributed by atoms with Gasteiger partial charge in [-0.2, -0.15) is 0 Å². The van der Waals surface area contributed by atoms with Gasteiger partial charge in [0.05, 0.1) is 23.5 Å². The lowest BCUT2D eigenvalue weighted by Gasteiger charge is -2.11. The highest BCUT2D eigenvalue weighted by molar-refractivity contribution is 6.09. The summed E-state index contributed by atoms with van der Waals surface area (Å²) in [6.07, 6.45) is 1.75. The Hall–Kier alpha value is -3.47. The minimum absolute atomic E-state index is 0.177. The molecule has 0 fully saturated rings. The van der Waals surface area contributed by atoms with Crippen molar-refractivity contribution in [1.82, 2.24) is 4.98 Å². The quantitative estimate of drug-likeness (QED) is 0.784. The van der Waals surface area contributed by atoms with Crippen molar-refractivity contribution in [3.8, 4) is 11.3 Å². The Labute approximate surface area is 151 Å². The summed E-state index contributed by atoms with van der Waals surface area (Å²) in [6.45, 7) is 1.22. The Kier molecular flexibility index (Phi) is 4.43. The zero-order valence-corrected chi connectivity index (χ0v) is 14.1. The summed E-state index contributed by atoms with van der Waals surface area (Å²) < 4.78 is 5.52. The average molecular weight is 343 g/mol. The molecular formula is C21H17N3O2. The summed E-state index contributed by atoms with van der Waals surface area (Å²) in [5.74, 6) is 0.398. The number of hydrogen-bond donors (Lipinski definition) is 1. The van der Waals surface area contributed by atoms with Gasteiger partial charge >= 0.3 is 0 Å². The van der Waals surface area contributed by atoms with Crippen molar-refractivity contribution < 1.29 is 9.53 Å². The monoisotopic (exact) mass is 343 g/mol. The molecule has 0 spiro atoms. The molecule has 2 aromatic carbocycles. The van der Waals surface area contributed by atoms with Gasteiger partial charge in [0.2, 0.25) is 5.90 Å². The number of para-hydroxylation sites is 1. The highest BCUT2D eigenvalue weighted by Gasteiger charge is 2.16. The third kappa shape index (κ3) is 3.32. The number of carbonyl (C=O) groups excluding carboxylic acids is 1. The third-order valence-corrected chi connectivity index (χ3v) is 4.10. The minimum atomic E-state index is -0.177. The number of aromatic nitrogens is 1. The van der Waals surface area contributed by atoms with E-state index in [0.29, 0.717) is 30.3 Å². The Bertz CT molecular complexity index is 951. The van der Waals surface area contributed by atoms with E-state index < -0.39 is 0 Å². The van der Waals surface area contributed by atoms with Gasteiger partial charge < -0.3 is 10.1 Å². The number of amides is 1. The fraction of sp³-hybridized carbons (Fsp3) is 0.0952. The van der Waals surface area contributed by atoms with Crippen LogP contribution in [0, 0.1) is 0 Å². The van der Waals surface area contributed by atoms with Crippen LogP contribution in [-0.2, 0) is 4.74 Å². The van der Waals surface area contributed by atoms with Crippen molar-refractivity contribution >= 4 is 17.5 Å². The normalized spacial score (nSPS) is 13.0. The maximum atomic E-state index is 12.6. The van der Waals surface area contributed by atoms with Crippen LogP contribution >= 0.6 is 0 Å². The summed E-state index contributed by atoms with van der Waals surface area (Å²) >= 11 is 0. The van der Waals surface area contributed by atoms with Crippen molar-refractivity contribution in [2.75, 3.05) is 18.5 Å². The van der Waals surface area contributed by atoms with E-state index in [2.05, 4.69) is 15.3 Å². The van der Waals surface area contributed by atoms with Gasteiger partial charge in [-0.15, -0.1) is 0 Å². The average Bonchev–Trinajstić information content (AvgIpc) is 3.24. The molecule has 0 bridgehead atoms. The van der Waals surface area contributed by atoms with Gasteiger partial charge in [-0.1, -0.05) is 30.3 Å². The second-order valence-electron chi connectivity index (χ2n) is 5.83. The molecule has 0 radical (unpaired) electrons. The van der Waals surface area contributed by atoms with Crippen LogP contribution in [0.1, 0.15) is 15.9 Å². The summed E-state index contributed by atoms with van der Waals surface area (Å²) in [5, 5.41) is 2.95. The molecule has 3 aromatic rings. The molecule has 128 valence electrons. The van der Waals surface area contributed by atoms with Gasteiger partial charge in [0.1, 0.15) is 6.61 Å². The van der Waals surface area contributed by atoms with Crippen LogP contribution in [0.4, 0.5) is 5.69 Å². The predicted molar refractivity (Wildman–Crippen MR) is 101 cm³/mol. The zero-order valence-electron chi connectivity index (χ0n) is 14.1. The van der Waals surface area contributed by atoms with Crippen LogP contribution in [0.3, 0.4) is 0 Å². The van der Waals surface area contributed by atoms with E-state index in [4.69, 9.17) is 4.74 Å². The van der Waals surface area contributed by atoms with Gasteiger partial charge in [0.25, 0.3) is 5.91 Å². The van der Waals surface area contributed by atoms with Gasteiger partial charge in [0.15, 0.2) is 0 Å². The summed E-state index contributed by atoms with van der Waals surface area (Å²) in [6, 6.07) is 20.7. The van der Waals surface area contributed by atoms with E-state index in [1.54, 1.807) is 18.3 Å². The number of carbonyl (C=O) groups is 1. The molecule has 0 saturated carbocycles. The lowest BCUT2D eigenvalue weighted by molar-refractivity contribution is 0.102. The lowest BCUT2D eigenvalue weighted by Crippen LogP contribution is -2.15. The number of anilines is 1. The molecule has 0 saturated heterocycles. The molecule has 2 heterocycles. The smallest absolute Gasteiger partial charge is 0.255 e. The Balaban J connectivity index is 1.54. The molecule has 0 unspecified atom stereocenters. The first-order chi connectivity index (χ1) is 12.8. The zero-order chi connectivity index (χ0) is 17.8. The minimum Gasteiger partial charge on any atom is -0.475 e. The third-order valence-electron chi connectivity index (χ3n) is 4.10. The fourth-order valence-electron chi connectivity index (χ4n) is 2.80. The van der Waals surface area contributed by atoms with Crippen molar-refractivity contribution in [2.24, 2.45) is 4.99 Å². The Morgan fingerprint density at radius 3 is 2.50 bits per heavy atom. The number of pyridine rings is 1. The highest BCUT2D eigenvalue weighted by atomic mass is 16.5. The fourth-order valence-corrected chi connectivity index (χ4v) is 2.80. The van der Waals surface area contributed by atoms with E-state index in [-0.39, 0.29) is 5.91 Å². The summed E-state index contributed by atoms with van der Waals surface area (Å²) in [7, 11) is 0. The molecule has 1 aromatic heterocycles. The Morgan fingerprint density at radius 2 is 1.77 bits per heavy atom. The molecule has 5 nitrogen and oxygen atoms in total. The van der Waals surface area contributed by atoms with E-state index in [0.717, 1.165) is 16.8 Å². The van der Waals surface area contributed by atoms with Crippen molar-refractivity contribution in [3.05, 3.63) is 84.1 Å². The number of nitrogens with one attached hydrogen (secondary N) is 1. The van der Waals surface area contributed by atoms with Crippen LogP contribution in [0.25, 0.3) is 11.3 Å². The van der Waals surface area contributed by atoms with Crippen LogP contribution < -0.4 is 5.32 Å². The van der Waals surface area contributed by atoms with E-state index in [1.807, 2.05) is 54.6 Å². The van der Waals surface area contributed by atoms with E-state index in [9.17, 15) is 4.79 Å². The first-order valence-electron chi connectivity index (χ1n) is 8.41. The molecule has 1 aliphatic heterocycles. The number of hydrogen-bond acceptors (Lipinski definition) is 4. The largest absolute Gasteiger partial charge is 0.475 e. The van der Waals surface area contributed by atoms with Crippen molar-refractivity contribution in [1.29, 1.82) is 0 Å². The highest BCUT2D eigenvalue weighted by Crippen LogP contribution is 2.21. The number of nitrogens with zero attached hydrogens (tertiary/aromatic N) is 2.